The second kappa shape index (κ2) is 4.09. The minimum atomic E-state index is -0.283. The molecule has 4 N–H and O–H groups in total. The van der Waals surface area contributed by atoms with E-state index in [0.717, 1.165) is 6.42 Å². The first kappa shape index (κ1) is 10.9. The fourth-order valence-corrected chi connectivity index (χ4v) is 0.701. The monoisotopic (exact) mass is 171 g/mol. The van der Waals surface area contributed by atoms with Crippen molar-refractivity contribution in [3.63, 3.8) is 0 Å². The van der Waals surface area contributed by atoms with Crippen LogP contribution in [0.5, 0.6) is 0 Å². The molecule has 0 aromatic rings. The standard InChI is InChI=1S/C8H17N3O/c1-8(2,3)5-4-6(12)11-7(9)10/h4-5H2,1-3H3,(H4,9,10,11,12). The SMILES string of the molecule is CC(C)(C)CCC(=O)NC(=N)N. The van der Waals surface area contributed by atoms with E-state index in [9.17, 15) is 4.79 Å². The molecule has 0 unspecified atom stereocenters. The quantitative estimate of drug-likeness (QED) is 0.425. The molecule has 12 heavy (non-hydrogen) atoms. The lowest BCUT2D eigenvalue weighted by molar-refractivity contribution is -0.120. The zero-order valence-corrected chi connectivity index (χ0v) is 7.90. The molecule has 1 amide bonds. The summed E-state index contributed by atoms with van der Waals surface area (Å²) in [6, 6.07) is 0. The van der Waals surface area contributed by atoms with Crippen molar-refractivity contribution < 1.29 is 4.79 Å². The molecule has 0 aliphatic rings. The third-order valence-electron chi connectivity index (χ3n) is 1.38. The van der Waals surface area contributed by atoms with E-state index >= 15 is 0 Å². The van der Waals surface area contributed by atoms with Crippen molar-refractivity contribution in [1.29, 1.82) is 5.41 Å². The molecular formula is C8H17N3O. The summed E-state index contributed by atoms with van der Waals surface area (Å²) in [6.07, 6.45) is 1.22. The van der Waals surface area contributed by atoms with Crippen LogP contribution in [0, 0.1) is 10.8 Å². The molecule has 0 fully saturated rings. The van der Waals surface area contributed by atoms with Gasteiger partial charge in [0, 0.05) is 6.42 Å². The van der Waals surface area contributed by atoms with E-state index in [1.165, 1.54) is 0 Å². The highest BCUT2D eigenvalue weighted by Gasteiger charge is 2.12. The summed E-state index contributed by atoms with van der Waals surface area (Å²) in [4.78, 5) is 11.0. The Hall–Kier alpha value is -1.06. The summed E-state index contributed by atoms with van der Waals surface area (Å²) < 4.78 is 0. The molecule has 4 heteroatoms. The Labute approximate surface area is 73.0 Å². The fourth-order valence-electron chi connectivity index (χ4n) is 0.701. The second-order valence-electron chi connectivity index (χ2n) is 4.02. The third kappa shape index (κ3) is 7.05. The molecular weight excluding hydrogens is 154 g/mol. The van der Waals surface area contributed by atoms with Crippen molar-refractivity contribution in [1.82, 2.24) is 5.32 Å². The summed E-state index contributed by atoms with van der Waals surface area (Å²) in [5.41, 5.74) is 5.13. The summed E-state index contributed by atoms with van der Waals surface area (Å²) >= 11 is 0. The number of hydrogen-bond acceptors (Lipinski definition) is 2. The topological polar surface area (TPSA) is 79.0 Å². The first-order valence-electron chi connectivity index (χ1n) is 3.95. The van der Waals surface area contributed by atoms with Gasteiger partial charge in [0.1, 0.15) is 0 Å². The Bertz CT molecular complexity index is 181. The van der Waals surface area contributed by atoms with Crippen LogP contribution in [-0.4, -0.2) is 11.9 Å². The van der Waals surface area contributed by atoms with Crippen LogP contribution in [0.15, 0.2) is 0 Å². The lowest BCUT2D eigenvalue weighted by atomic mass is 9.90. The van der Waals surface area contributed by atoms with E-state index in [1.807, 2.05) is 0 Å². The number of nitrogens with two attached hydrogens (primary N) is 1. The fraction of sp³-hybridized carbons (Fsp3) is 0.750. The molecule has 0 aromatic heterocycles. The maximum absolute atomic E-state index is 11.0. The number of nitrogens with one attached hydrogen (secondary N) is 2. The molecule has 0 rings (SSSR count). The Balaban J connectivity index is 3.65. The molecule has 0 atom stereocenters. The molecule has 0 radical (unpaired) electrons. The van der Waals surface area contributed by atoms with Crippen molar-refractivity contribution in [2.24, 2.45) is 11.1 Å². The van der Waals surface area contributed by atoms with Gasteiger partial charge in [-0.25, -0.2) is 0 Å². The average Bonchev–Trinajstić information content (AvgIpc) is 1.80. The van der Waals surface area contributed by atoms with E-state index in [2.05, 4.69) is 26.1 Å². The number of guanidine groups is 1. The second-order valence-corrected chi connectivity index (χ2v) is 4.02. The number of carbonyl (C=O) groups is 1. The number of hydrogen-bond donors (Lipinski definition) is 3. The summed E-state index contributed by atoms with van der Waals surface area (Å²) in [5.74, 6) is -0.466. The van der Waals surface area contributed by atoms with Gasteiger partial charge in [0.15, 0.2) is 5.96 Å². The van der Waals surface area contributed by atoms with Gasteiger partial charge >= 0.3 is 0 Å². The number of carbonyl (C=O) groups excluding carboxylic acids is 1. The van der Waals surface area contributed by atoms with E-state index in [4.69, 9.17) is 11.1 Å². The van der Waals surface area contributed by atoms with Gasteiger partial charge in [-0.3, -0.25) is 15.5 Å². The normalized spacial score (nSPS) is 10.9. The highest BCUT2D eigenvalue weighted by molar-refractivity contribution is 5.94. The highest BCUT2D eigenvalue weighted by atomic mass is 16.1. The zero-order valence-electron chi connectivity index (χ0n) is 7.90. The van der Waals surface area contributed by atoms with E-state index in [1.54, 1.807) is 0 Å². The highest BCUT2D eigenvalue weighted by Crippen LogP contribution is 2.19. The van der Waals surface area contributed by atoms with Crippen LogP contribution in [0.25, 0.3) is 0 Å². The van der Waals surface area contributed by atoms with Gasteiger partial charge in [-0.05, 0) is 11.8 Å². The Morgan fingerprint density at radius 2 is 2.00 bits per heavy atom. The van der Waals surface area contributed by atoms with Crippen LogP contribution in [0.4, 0.5) is 0 Å². The molecule has 0 saturated carbocycles. The predicted molar refractivity (Wildman–Crippen MR) is 48.7 cm³/mol. The third-order valence-corrected chi connectivity index (χ3v) is 1.38. The first-order chi connectivity index (χ1) is 5.31. The molecule has 0 aliphatic heterocycles. The Morgan fingerprint density at radius 3 is 2.33 bits per heavy atom. The Morgan fingerprint density at radius 1 is 1.50 bits per heavy atom. The number of amides is 1. The van der Waals surface area contributed by atoms with Gasteiger partial charge in [0.05, 0.1) is 0 Å². The maximum atomic E-state index is 11.0. The van der Waals surface area contributed by atoms with Crippen LogP contribution in [0.1, 0.15) is 33.6 Å². The number of rotatable bonds is 2. The largest absolute Gasteiger partial charge is 0.370 e. The predicted octanol–water partition coefficient (Wildman–Crippen LogP) is 0.822. The lowest BCUT2D eigenvalue weighted by Crippen LogP contribution is -2.35. The van der Waals surface area contributed by atoms with Crippen molar-refractivity contribution in [3.8, 4) is 0 Å². The minimum Gasteiger partial charge on any atom is -0.370 e. The van der Waals surface area contributed by atoms with Gasteiger partial charge in [0.2, 0.25) is 5.91 Å². The average molecular weight is 171 g/mol. The van der Waals surface area contributed by atoms with Crippen LogP contribution in [-0.2, 0) is 4.79 Å². The molecule has 0 aromatic carbocycles. The van der Waals surface area contributed by atoms with E-state index in [-0.39, 0.29) is 17.3 Å². The van der Waals surface area contributed by atoms with Gasteiger partial charge in [0.25, 0.3) is 0 Å². The van der Waals surface area contributed by atoms with Crippen LogP contribution >= 0.6 is 0 Å². The van der Waals surface area contributed by atoms with E-state index in [0.29, 0.717) is 6.42 Å². The molecule has 4 nitrogen and oxygen atoms in total. The smallest absolute Gasteiger partial charge is 0.226 e. The van der Waals surface area contributed by atoms with Crippen LogP contribution < -0.4 is 11.1 Å². The molecule has 0 aliphatic carbocycles. The van der Waals surface area contributed by atoms with Crippen molar-refractivity contribution in [2.45, 2.75) is 33.6 Å². The lowest BCUT2D eigenvalue weighted by Gasteiger charge is -2.16. The summed E-state index contributed by atoms with van der Waals surface area (Å²) in [7, 11) is 0. The first-order valence-corrected chi connectivity index (χ1v) is 3.95. The van der Waals surface area contributed by atoms with Crippen LogP contribution in [0.2, 0.25) is 0 Å². The van der Waals surface area contributed by atoms with Gasteiger partial charge in [-0.2, -0.15) is 0 Å². The maximum Gasteiger partial charge on any atom is 0.226 e. The van der Waals surface area contributed by atoms with Gasteiger partial charge in [-0.1, -0.05) is 20.8 Å². The van der Waals surface area contributed by atoms with Crippen LogP contribution in [0.3, 0.4) is 0 Å². The molecule has 70 valence electrons. The molecule has 0 bridgehead atoms. The van der Waals surface area contributed by atoms with Gasteiger partial charge in [-0.15, -0.1) is 0 Å². The minimum absolute atomic E-state index is 0.147. The van der Waals surface area contributed by atoms with Crippen molar-refractivity contribution in [2.75, 3.05) is 0 Å². The summed E-state index contributed by atoms with van der Waals surface area (Å²) in [6.45, 7) is 6.19. The molecule has 0 spiro atoms. The zero-order chi connectivity index (χ0) is 9.78. The van der Waals surface area contributed by atoms with E-state index < -0.39 is 0 Å². The Kier molecular flexibility index (Phi) is 3.73. The van der Waals surface area contributed by atoms with Crippen molar-refractivity contribution >= 4 is 11.9 Å². The molecule has 0 heterocycles. The molecule has 0 saturated heterocycles. The van der Waals surface area contributed by atoms with Gasteiger partial charge < -0.3 is 5.73 Å². The summed E-state index contributed by atoms with van der Waals surface area (Å²) in [5, 5.41) is 9.04. The van der Waals surface area contributed by atoms with Crippen molar-refractivity contribution in [3.05, 3.63) is 0 Å².